The normalized spacial score (nSPS) is 20.5. The Morgan fingerprint density at radius 2 is 1.69 bits per heavy atom. The third-order valence-electron chi connectivity index (χ3n) is 5.88. The molecule has 1 aliphatic heterocycles. The number of alkyl halides is 3. The lowest BCUT2D eigenvalue weighted by atomic mass is 9.94. The zero-order chi connectivity index (χ0) is 24.8. The van der Waals surface area contributed by atoms with E-state index >= 15 is 0 Å². The van der Waals surface area contributed by atoms with Crippen LogP contribution in [0.2, 0.25) is 5.02 Å². The predicted octanol–water partition coefficient (Wildman–Crippen LogP) is 6.63. The molecule has 0 spiro atoms. The van der Waals surface area contributed by atoms with Crippen molar-refractivity contribution >= 4 is 11.6 Å². The quantitative estimate of drug-likeness (QED) is 0.372. The summed E-state index contributed by atoms with van der Waals surface area (Å²) in [5, 5.41) is 10.3. The molecule has 0 saturated carbocycles. The first kappa shape index (κ1) is 25.5. The fourth-order valence-electron chi connectivity index (χ4n) is 4.19. The molecule has 3 atom stereocenters. The van der Waals surface area contributed by atoms with Crippen LogP contribution in [-0.4, -0.2) is 30.3 Å². The number of halogens is 4. The smallest absolute Gasteiger partial charge is 0.406 e. The van der Waals surface area contributed by atoms with Crippen molar-refractivity contribution in [2.24, 2.45) is 0 Å². The van der Waals surface area contributed by atoms with Gasteiger partial charge in [0.05, 0.1) is 31.5 Å². The Balaban J connectivity index is 1.45. The molecule has 1 heterocycles. The van der Waals surface area contributed by atoms with Gasteiger partial charge in [0, 0.05) is 17.9 Å². The predicted molar refractivity (Wildman–Crippen MR) is 126 cm³/mol. The second-order valence-corrected chi connectivity index (χ2v) is 8.95. The van der Waals surface area contributed by atoms with Crippen molar-refractivity contribution in [2.75, 3.05) is 6.61 Å². The fraction of sp³-hybridized carbons (Fsp3) is 0.333. The SMILES string of the molecule is OCC1CC(OCc2ccccc2)C[C@H](c2ccc(Cl)c(Cc3ccc(OC(F)(F)F)cc3)c2)O1. The highest BCUT2D eigenvalue weighted by atomic mass is 35.5. The molecule has 4 rings (SSSR count). The van der Waals surface area contributed by atoms with E-state index in [0.717, 1.165) is 22.3 Å². The summed E-state index contributed by atoms with van der Waals surface area (Å²) in [4.78, 5) is 0. The highest BCUT2D eigenvalue weighted by Crippen LogP contribution is 2.35. The summed E-state index contributed by atoms with van der Waals surface area (Å²) in [5.41, 5.74) is 3.61. The molecule has 0 amide bonds. The second kappa shape index (κ2) is 11.4. The third-order valence-corrected chi connectivity index (χ3v) is 6.25. The van der Waals surface area contributed by atoms with E-state index < -0.39 is 6.36 Å². The summed E-state index contributed by atoms with van der Waals surface area (Å²) >= 11 is 6.43. The van der Waals surface area contributed by atoms with Gasteiger partial charge in [-0.3, -0.25) is 0 Å². The van der Waals surface area contributed by atoms with Gasteiger partial charge in [0.2, 0.25) is 0 Å². The van der Waals surface area contributed by atoms with E-state index in [1.54, 1.807) is 18.2 Å². The Morgan fingerprint density at radius 3 is 2.37 bits per heavy atom. The molecule has 186 valence electrons. The third kappa shape index (κ3) is 7.45. The first-order valence-electron chi connectivity index (χ1n) is 11.3. The summed E-state index contributed by atoms with van der Waals surface area (Å²) in [6.45, 7) is 0.380. The average molecular weight is 507 g/mol. The fourth-order valence-corrected chi connectivity index (χ4v) is 4.37. The van der Waals surface area contributed by atoms with E-state index in [9.17, 15) is 18.3 Å². The zero-order valence-electron chi connectivity index (χ0n) is 18.9. The van der Waals surface area contributed by atoms with E-state index in [-0.39, 0.29) is 30.7 Å². The van der Waals surface area contributed by atoms with Crippen LogP contribution in [0.4, 0.5) is 13.2 Å². The van der Waals surface area contributed by atoms with Crippen molar-refractivity contribution in [3.63, 3.8) is 0 Å². The maximum atomic E-state index is 12.4. The van der Waals surface area contributed by atoms with Crippen molar-refractivity contribution in [3.05, 3.63) is 100 Å². The Labute approximate surface area is 207 Å². The Hall–Kier alpha value is -2.58. The first-order chi connectivity index (χ1) is 16.8. The van der Waals surface area contributed by atoms with Crippen LogP contribution >= 0.6 is 11.6 Å². The molecular weight excluding hydrogens is 481 g/mol. The van der Waals surface area contributed by atoms with Crippen molar-refractivity contribution in [3.8, 4) is 5.75 Å². The standard InChI is InChI=1S/C27H26ClF3O4/c28-25-11-8-20(13-21(25)12-18-6-9-22(10-7-18)35-27(29,30)31)26-15-23(14-24(16-32)34-26)33-17-19-4-2-1-3-5-19/h1-11,13,23-24,26,32H,12,14-17H2/t23?,24?,26-/m1/s1. The summed E-state index contributed by atoms with van der Waals surface area (Å²) in [7, 11) is 0. The topological polar surface area (TPSA) is 47.9 Å². The number of aliphatic hydroxyl groups is 1. The van der Waals surface area contributed by atoms with E-state index in [2.05, 4.69) is 4.74 Å². The lowest BCUT2D eigenvalue weighted by molar-refractivity contribution is -0.274. The number of hydrogen-bond acceptors (Lipinski definition) is 4. The van der Waals surface area contributed by atoms with E-state index in [4.69, 9.17) is 21.1 Å². The summed E-state index contributed by atoms with van der Waals surface area (Å²) in [6, 6.07) is 21.3. The number of rotatable bonds is 8. The van der Waals surface area contributed by atoms with Crippen LogP contribution in [0.1, 0.15) is 41.2 Å². The first-order valence-corrected chi connectivity index (χ1v) is 11.7. The van der Waals surface area contributed by atoms with Gasteiger partial charge in [-0.2, -0.15) is 0 Å². The number of ether oxygens (including phenoxy) is 3. The molecule has 1 N–H and O–H groups in total. The molecule has 3 aromatic carbocycles. The molecule has 1 fully saturated rings. The molecule has 35 heavy (non-hydrogen) atoms. The van der Waals surface area contributed by atoms with Gasteiger partial charge >= 0.3 is 6.36 Å². The van der Waals surface area contributed by atoms with Gasteiger partial charge in [-0.1, -0.05) is 66.2 Å². The van der Waals surface area contributed by atoms with Gasteiger partial charge < -0.3 is 19.3 Å². The molecular formula is C27H26ClF3O4. The molecule has 1 aliphatic rings. The van der Waals surface area contributed by atoms with Crippen molar-refractivity contribution in [2.45, 2.75) is 50.5 Å². The highest BCUT2D eigenvalue weighted by Gasteiger charge is 2.32. The Kier molecular flexibility index (Phi) is 8.34. The molecule has 1 saturated heterocycles. The minimum atomic E-state index is -4.73. The van der Waals surface area contributed by atoms with Gasteiger partial charge in [-0.25, -0.2) is 0 Å². The summed E-state index contributed by atoms with van der Waals surface area (Å²) in [5.74, 6) is -0.270. The van der Waals surface area contributed by atoms with Gasteiger partial charge in [0.15, 0.2) is 0 Å². The minimum Gasteiger partial charge on any atom is -0.406 e. The van der Waals surface area contributed by atoms with Gasteiger partial charge in [0.25, 0.3) is 0 Å². The Bertz CT molecular complexity index is 1090. The van der Waals surface area contributed by atoms with Crippen LogP contribution in [0, 0.1) is 0 Å². The van der Waals surface area contributed by atoms with Crippen LogP contribution in [0.3, 0.4) is 0 Å². The van der Waals surface area contributed by atoms with Crippen LogP contribution in [-0.2, 0) is 22.5 Å². The molecule has 2 unspecified atom stereocenters. The van der Waals surface area contributed by atoms with Gasteiger partial charge in [-0.05, 0) is 46.9 Å². The molecule has 4 nitrogen and oxygen atoms in total. The Morgan fingerprint density at radius 1 is 0.943 bits per heavy atom. The van der Waals surface area contributed by atoms with Crippen molar-refractivity contribution in [1.82, 2.24) is 0 Å². The number of benzene rings is 3. The van der Waals surface area contributed by atoms with E-state index in [1.165, 1.54) is 12.1 Å². The minimum absolute atomic E-state index is 0.0774. The number of aliphatic hydroxyl groups excluding tert-OH is 1. The average Bonchev–Trinajstić information content (AvgIpc) is 2.85. The summed E-state index contributed by atoms with van der Waals surface area (Å²) < 4.78 is 53.4. The molecule has 8 heteroatoms. The van der Waals surface area contributed by atoms with Crippen LogP contribution in [0.25, 0.3) is 0 Å². The maximum Gasteiger partial charge on any atom is 0.573 e. The lowest BCUT2D eigenvalue weighted by Crippen LogP contribution is -2.35. The van der Waals surface area contributed by atoms with Crippen LogP contribution < -0.4 is 4.74 Å². The van der Waals surface area contributed by atoms with Gasteiger partial charge in [-0.15, -0.1) is 13.2 Å². The zero-order valence-corrected chi connectivity index (χ0v) is 19.6. The molecule has 0 bridgehead atoms. The maximum absolute atomic E-state index is 12.4. The highest BCUT2D eigenvalue weighted by molar-refractivity contribution is 6.31. The van der Waals surface area contributed by atoms with E-state index in [0.29, 0.717) is 30.9 Å². The van der Waals surface area contributed by atoms with Crippen molar-refractivity contribution in [1.29, 1.82) is 0 Å². The van der Waals surface area contributed by atoms with Crippen molar-refractivity contribution < 1.29 is 32.5 Å². The second-order valence-electron chi connectivity index (χ2n) is 8.54. The van der Waals surface area contributed by atoms with Crippen LogP contribution in [0.15, 0.2) is 72.8 Å². The lowest BCUT2D eigenvalue weighted by Gasteiger charge is -2.35. The summed E-state index contributed by atoms with van der Waals surface area (Å²) in [6.07, 6.45) is -3.75. The monoisotopic (exact) mass is 506 g/mol. The number of hydrogen-bond donors (Lipinski definition) is 1. The molecule has 0 aliphatic carbocycles. The van der Waals surface area contributed by atoms with E-state index in [1.807, 2.05) is 42.5 Å². The largest absolute Gasteiger partial charge is 0.573 e. The van der Waals surface area contributed by atoms with Crippen LogP contribution in [0.5, 0.6) is 5.75 Å². The molecule has 0 aromatic heterocycles. The molecule has 0 radical (unpaired) electrons. The van der Waals surface area contributed by atoms with Gasteiger partial charge in [0.1, 0.15) is 5.75 Å². The molecule has 3 aromatic rings.